The molecule has 1 N–H and O–H groups in total. The second kappa shape index (κ2) is 9.02. The van der Waals surface area contributed by atoms with Crippen LogP contribution in [0.3, 0.4) is 0 Å². The third-order valence-corrected chi connectivity index (χ3v) is 5.12. The van der Waals surface area contributed by atoms with Crippen molar-refractivity contribution in [3.8, 4) is 5.75 Å². The molecule has 0 atom stereocenters. The normalized spacial score (nSPS) is 10.9. The first-order valence-electron chi connectivity index (χ1n) is 7.96. The van der Waals surface area contributed by atoms with Crippen LogP contribution in [-0.4, -0.2) is 5.97 Å². The maximum atomic E-state index is 14.1. The predicted octanol–water partition coefficient (Wildman–Crippen LogP) is 6.99. The molecule has 0 fully saturated rings. The van der Waals surface area contributed by atoms with Gasteiger partial charge in [0.25, 0.3) is 0 Å². The van der Waals surface area contributed by atoms with Gasteiger partial charge in [-0.15, -0.1) is 0 Å². The van der Waals surface area contributed by atoms with Gasteiger partial charge in [-0.25, -0.2) is 26.7 Å². The number of ether oxygens (including phenoxy) is 1. The molecule has 162 valence electrons. The van der Waals surface area contributed by atoms with E-state index in [1.165, 1.54) is 12.1 Å². The van der Waals surface area contributed by atoms with E-state index in [2.05, 4.69) is 26.0 Å². The van der Waals surface area contributed by atoms with Crippen molar-refractivity contribution in [3.05, 3.63) is 84.7 Å². The van der Waals surface area contributed by atoms with Crippen molar-refractivity contribution in [2.24, 2.45) is 0 Å². The second-order valence-electron chi connectivity index (χ2n) is 5.85. The largest absolute Gasteiger partial charge is 0.416 e. The number of benzene rings is 3. The highest BCUT2D eigenvalue weighted by atomic mass is 127. The first-order chi connectivity index (χ1) is 14.5. The maximum absolute atomic E-state index is 14.1. The van der Waals surface area contributed by atoms with Gasteiger partial charge in [0.15, 0.2) is 0 Å². The van der Waals surface area contributed by atoms with Crippen LogP contribution in [0.25, 0.3) is 0 Å². The van der Waals surface area contributed by atoms with Gasteiger partial charge < -0.3 is 10.1 Å². The van der Waals surface area contributed by atoms with Crippen molar-refractivity contribution in [1.29, 1.82) is 0 Å². The van der Waals surface area contributed by atoms with Crippen molar-refractivity contribution in [1.82, 2.24) is 0 Å². The molecule has 3 nitrogen and oxygen atoms in total. The van der Waals surface area contributed by atoms with Crippen LogP contribution in [0.1, 0.15) is 10.4 Å². The highest BCUT2D eigenvalue weighted by molar-refractivity contribution is 14.1. The molecule has 3 aromatic carbocycles. The average Bonchev–Trinajstić information content (AvgIpc) is 2.72. The highest BCUT2D eigenvalue weighted by Crippen LogP contribution is 2.33. The number of anilines is 2. The van der Waals surface area contributed by atoms with Crippen LogP contribution in [-0.2, 0) is 0 Å². The third kappa shape index (κ3) is 4.63. The maximum Gasteiger partial charge on any atom is 0.345 e. The summed E-state index contributed by atoms with van der Waals surface area (Å²) in [5.41, 5.74) is -1.17. The zero-order valence-corrected chi connectivity index (χ0v) is 18.3. The van der Waals surface area contributed by atoms with Crippen molar-refractivity contribution < 1.29 is 40.3 Å². The molecule has 12 heteroatoms. The molecular weight excluding hydrogens is 614 g/mol. The lowest BCUT2D eigenvalue weighted by Crippen LogP contribution is -2.15. The van der Waals surface area contributed by atoms with E-state index < -0.39 is 63.7 Å². The zero-order chi connectivity index (χ0) is 23.0. The first-order valence-corrected chi connectivity index (χ1v) is 9.83. The third-order valence-electron chi connectivity index (χ3n) is 3.85. The average molecular weight is 620 g/mol. The Morgan fingerprint density at radius 3 is 1.97 bits per heavy atom. The topological polar surface area (TPSA) is 38.3 Å². The molecule has 0 bridgehead atoms. The first kappa shape index (κ1) is 23.3. The molecule has 31 heavy (non-hydrogen) atoms. The summed E-state index contributed by atoms with van der Waals surface area (Å²) in [4.78, 5) is 12.5. The number of rotatable bonds is 4. The van der Waals surface area contributed by atoms with E-state index >= 15 is 0 Å². The molecule has 0 heterocycles. The number of halogens is 9. The van der Waals surface area contributed by atoms with E-state index in [4.69, 9.17) is 0 Å². The fraction of sp³-hybridized carbons (Fsp3) is 0. The minimum absolute atomic E-state index is 0.188. The van der Waals surface area contributed by atoms with Gasteiger partial charge in [0.05, 0.1) is 21.4 Å². The van der Waals surface area contributed by atoms with Gasteiger partial charge >= 0.3 is 5.97 Å². The smallest absolute Gasteiger partial charge is 0.345 e. The van der Waals surface area contributed by atoms with E-state index in [1.807, 2.05) is 22.6 Å². The SMILES string of the molecule is O=C(Oc1c(F)c(F)c(F)c(F)c1F)c1cc(Br)c(F)cc1Nc1ccc(I)cc1F. The summed E-state index contributed by atoms with van der Waals surface area (Å²) >= 11 is 4.64. The molecule has 0 unspecified atom stereocenters. The molecular formula is C19H6BrF7INO2. The van der Waals surface area contributed by atoms with E-state index in [0.29, 0.717) is 3.57 Å². The van der Waals surface area contributed by atoms with Gasteiger partial charge in [-0.05, 0) is 68.9 Å². The van der Waals surface area contributed by atoms with Gasteiger partial charge in [0.1, 0.15) is 11.6 Å². The number of hydrogen-bond acceptors (Lipinski definition) is 3. The molecule has 3 aromatic rings. The molecule has 0 spiro atoms. The lowest BCUT2D eigenvalue weighted by atomic mass is 10.1. The van der Waals surface area contributed by atoms with E-state index in [1.54, 1.807) is 0 Å². The quantitative estimate of drug-likeness (QED) is 0.0855. The molecule has 0 aliphatic carbocycles. The number of carbonyl (C=O) groups is 1. The number of esters is 1. The molecule has 3 rings (SSSR count). The Labute approximate surface area is 191 Å². The van der Waals surface area contributed by atoms with Crippen LogP contribution < -0.4 is 10.1 Å². The summed E-state index contributed by atoms with van der Waals surface area (Å²) < 4.78 is 100. The van der Waals surface area contributed by atoms with Crippen molar-refractivity contribution >= 4 is 55.9 Å². The molecule has 0 saturated heterocycles. The summed E-state index contributed by atoms with van der Waals surface area (Å²) in [6.45, 7) is 0. The van der Waals surface area contributed by atoms with Crippen molar-refractivity contribution in [2.75, 3.05) is 5.32 Å². The summed E-state index contributed by atoms with van der Waals surface area (Å²) in [7, 11) is 0. The minimum Gasteiger partial charge on any atom is -0.416 e. The fourth-order valence-electron chi connectivity index (χ4n) is 2.38. The van der Waals surface area contributed by atoms with Gasteiger partial charge in [0.2, 0.25) is 34.8 Å². The lowest BCUT2D eigenvalue weighted by Gasteiger charge is -2.14. The van der Waals surface area contributed by atoms with Gasteiger partial charge in [-0.1, -0.05) is 0 Å². The molecule has 0 saturated carbocycles. The Morgan fingerprint density at radius 2 is 1.39 bits per heavy atom. The second-order valence-corrected chi connectivity index (χ2v) is 7.95. The number of hydrogen-bond donors (Lipinski definition) is 1. The Morgan fingerprint density at radius 1 is 0.806 bits per heavy atom. The lowest BCUT2D eigenvalue weighted by molar-refractivity contribution is 0.0717. The Bertz CT molecular complexity index is 1190. The molecule has 0 aliphatic rings. The summed E-state index contributed by atoms with van der Waals surface area (Å²) in [6, 6.07) is 5.47. The zero-order valence-electron chi connectivity index (χ0n) is 14.6. The Kier molecular flexibility index (Phi) is 6.79. The molecule has 0 amide bonds. The standard InChI is InChI=1S/C19H6BrF7INO2/c20-8-4-7(12(5-9(8)21)29-11-2-1-6(28)3-10(11)22)19(30)31-18-16(26)14(24)13(23)15(25)17(18)27/h1-5,29H. The van der Waals surface area contributed by atoms with E-state index in [9.17, 15) is 35.5 Å². The molecule has 0 radical (unpaired) electrons. The molecule has 0 aromatic heterocycles. The van der Waals surface area contributed by atoms with E-state index in [0.717, 1.165) is 18.2 Å². The Balaban J connectivity index is 2.05. The van der Waals surface area contributed by atoms with Crippen LogP contribution in [0.15, 0.2) is 34.8 Å². The number of nitrogens with one attached hydrogen (secondary N) is 1. The summed E-state index contributed by atoms with van der Waals surface area (Å²) in [5.74, 6) is -16.9. The van der Waals surface area contributed by atoms with E-state index in [-0.39, 0.29) is 10.2 Å². The van der Waals surface area contributed by atoms with Crippen LogP contribution >= 0.6 is 38.5 Å². The highest BCUT2D eigenvalue weighted by Gasteiger charge is 2.30. The monoisotopic (exact) mass is 619 g/mol. The van der Waals surface area contributed by atoms with Crippen molar-refractivity contribution in [3.63, 3.8) is 0 Å². The van der Waals surface area contributed by atoms with Crippen LogP contribution in [0.4, 0.5) is 42.1 Å². The Hall–Kier alpha value is -2.35. The van der Waals surface area contributed by atoms with Crippen LogP contribution in [0, 0.1) is 44.3 Å². The van der Waals surface area contributed by atoms with Gasteiger partial charge in [-0.2, -0.15) is 8.78 Å². The molecule has 0 aliphatic heterocycles. The summed E-state index contributed by atoms with van der Waals surface area (Å²) in [5, 5.41) is 2.43. The summed E-state index contributed by atoms with van der Waals surface area (Å²) in [6.07, 6.45) is 0. The predicted molar refractivity (Wildman–Crippen MR) is 108 cm³/mol. The minimum atomic E-state index is -2.43. The van der Waals surface area contributed by atoms with Crippen LogP contribution in [0.5, 0.6) is 5.75 Å². The van der Waals surface area contributed by atoms with Crippen LogP contribution in [0.2, 0.25) is 0 Å². The van der Waals surface area contributed by atoms with Gasteiger partial charge in [-0.3, -0.25) is 0 Å². The fourth-order valence-corrected chi connectivity index (χ4v) is 3.17. The van der Waals surface area contributed by atoms with Gasteiger partial charge in [0, 0.05) is 3.57 Å². The van der Waals surface area contributed by atoms with Crippen molar-refractivity contribution in [2.45, 2.75) is 0 Å². The number of carbonyl (C=O) groups excluding carboxylic acids is 1.